The molecule has 114 valence electrons. The van der Waals surface area contributed by atoms with Gasteiger partial charge in [-0.1, -0.05) is 37.9 Å². The molecule has 0 aliphatic carbocycles. The van der Waals surface area contributed by atoms with Crippen LogP contribution in [0.15, 0.2) is 30.3 Å². The minimum absolute atomic E-state index is 0.480. The van der Waals surface area contributed by atoms with Gasteiger partial charge in [-0.3, -0.25) is 0 Å². The number of halogens is 1. The summed E-state index contributed by atoms with van der Waals surface area (Å²) in [6.07, 6.45) is 3.56. The Labute approximate surface area is 137 Å². The Morgan fingerprint density at radius 1 is 1.14 bits per heavy atom. The molecule has 0 aliphatic rings. The van der Waals surface area contributed by atoms with Crippen molar-refractivity contribution >= 4 is 22.9 Å². The maximum atomic E-state index is 6.15. The third kappa shape index (κ3) is 4.32. The second kappa shape index (κ2) is 7.98. The van der Waals surface area contributed by atoms with E-state index in [9.17, 15) is 0 Å². The fraction of sp³-hybridized carbons (Fsp3) is 0.444. The van der Waals surface area contributed by atoms with Gasteiger partial charge in [0.25, 0.3) is 0 Å². The van der Waals surface area contributed by atoms with E-state index in [1.807, 2.05) is 17.4 Å². The molecule has 3 heteroatoms. The van der Waals surface area contributed by atoms with Crippen molar-refractivity contribution in [3.05, 3.63) is 45.8 Å². The highest BCUT2D eigenvalue weighted by atomic mass is 35.5. The molecule has 1 nitrogen and oxygen atoms in total. The minimum Gasteiger partial charge on any atom is -0.309 e. The van der Waals surface area contributed by atoms with Gasteiger partial charge < -0.3 is 5.32 Å². The van der Waals surface area contributed by atoms with E-state index in [0.29, 0.717) is 6.04 Å². The Kier molecular flexibility index (Phi) is 6.28. The van der Waals surface area contributed by atoms with Gasteiger partial charge in [-0.15, -0.1) is 11.3 Å². The first-order chi connectivity index (χ1) is 10.2. The molecule has 1 heterocycles. The fourth-order valence-corrected chi connectivity index (χ4v) is 3.87. The second-order valence-electron chi connectivity index (χ2n) is 5.46. The third-order valence-electron chi connectivity index (χ3n) is 3.65. The summed E-state index contributed by atoms with van der Waals surface area (Å²) >= 11 is 8.03. The Morgan fingerprint density at radius 2 is 1.95 bits per heavy atom. The maximum absolute atomic E-state index is 6.15. The lowest BCUT2D eigenvalue weighted by Gasteiger charge is -2.16. The van der Waals surface area contributed by atoms with Gasteiger partial charge in [0.2, 0.25) is 0 Å². The van der Waals surface area contributed by atoms with Gasteiger partial charge in [0.15, 0.2) is 0 Å². The molecule has 0 bridgehead atoms. The molecular weight excluding hydrogens is 298 g/mol. The normalized spacial score (nSPS) is 12.6. The molecular formula is C18H24ClNS. The topological polar surface area (TPSA) is 12.0 Å². The molecule has 21 heavy (non-hydrogen) atoms. The maximum Gasteiger partial charge on any atom is 0.0414 e. The molecule has 2 rings (SSSR count). The Balaban J connectivity index is 2.24. The molecule has 0 saturated heterocycles. The van der Waals surface area contributed by atoms with E-state index in [4.69, 9.17) is 11.6 Å². The lowest BCUT2D eigenvalue weighted by atomic mass is 10.1. The predicted molar refractivity (Wildman–Crippen MR) is 95.4 cm³/mol. The molecule has 0 aliphatic heterocycles. The third-order valence-corrected chi connectivity index (χ3v) is 5.12. The van der Waals surface area contributed by atoms with Crippen LogP contribution in [0.4, 0.5) is 0 Å². The summed E-state index contributed by atoms with van der Waals surface area (Å²) in [4.78, 5) is 2.74. The first-order valence-corrected chi connectivity index (χ1v) is 8.94. The molecule has 1 atom stereocenters. The summed E-state index contributed by atoms with van der Waals surface area (Å²) in [7, 11) is 0. The van der Waals surface area contributed by atoms with Crippen LogP contribution in [0.2, 0.25) is 5.02 Å². The monoisotopic (exact) mass is 321 g/mol. The van der Waals surface area contributed by atoms with E-state index in [1.54, 1.807) is 0 Å². The Morgan fingerprint density at radius 3 is 2.67 bits per heavy atom. The largest absolute Gasteiger partial charge is 0.309 e. The molecule has 1 N–H and O–H groups in total. The number of nitrogens with one attached hydrogen (secondary N) is 1. The summed E-state index contributed by atoms with van der Waals surface area (Å²) in [5.41, 5.74) is 2.53. The average molecular weight is 322 g/mol. The number of hydrogen-bond acceptors (Lipinski definition) is 2. The van der Waals surface area contributed by atoms with Gasteiger partial charge in [-0.25, -0.2) is 0 Å². The van der Waals surface area contributed by atoms with Crippen molar-refractivity contribution in [2.45, 2.75) is 46.1 Å². The lowest BCUT2D eigenvalue weighted by molar-refractivity contribution is 0.501. The molecule has 1 unspecified atom stereocenters. The number of benzene rings is 1. The molecule has 0 saturated carbocycles. The van der Waals surface area contributed by atoms with Crippen molar-refractivity contribution in [3.8, 4) is 10.4 Å². The van der Waals surface area contributed by atoms with Gasteiger partial charge in [0.1, 0.15) is 0 Å². The van der Waals surface area contributed by atoms with Crippen molar-refractivity contribution in [1.82, 2.24) is 5.32 Å². The first-order valence-electron chi connectivity index (χ1n) is 7.75. The highest BCUT2D eigenvalue weighted by Crippen LogP contribution is 2.35. The van der Waals surface area contributed by atoms with Crippen LogP contribution in [-0.2, 0) is 0 Å². The molecule has 0 radical (unpaired) electrons. The van der Waals surface area contributed by atoms with Crippen LogP contribution >= 0.6 is 22.9 Å². The van der Waals surface area contributed by atoms with Gasteiger partial charge in [0.05, 0.1) is 0 Å². The van der Waals surface area contributed by atoms with Crippen molar-refractivity contribution in [3.63, 3.8) is 0 Å². The van der Waals surface area contributed by atoms with E-state index in [2.05, 4.69) is 50.4 Å². The lowest BCUT2D eigenvalue weighted by Crippen LogP contribution is -2.21. The van der Waals surface area contributed by atoms with E-state index in [0.717, 1.165) is 11.6 Å². The van der Waals surface area contributed by atoms with Crippen molar-refractivity contribution in [1.29, 1.82) is 0 Å². The van der Waals surface area contributed by atoms with Gasteiger partial charge in [-0.05, 0) is 61.7 Å². The quantitative estimate of drug-likeness (QED) is 0.638. The van der Waals surface area contributed by atoms with E-state index < -0.39 is 0 Å². The number of thiophene rings is 1. The van der Waals surface area contributed by atoms with Crippen LogP contribution in [0.3, 0.4) is 0 Å². The summed E-state index contributed by atoms with van der Waals surface area (Å²) in [6, 6.07) is 11.1. The van der Waals surface area contributed by atoms with Gasteiger partial charge in [0, 0.05) is 20.8 Å². The van der Waals surface area contributed by atoms with Crippen LogP contribution in [-0.4, -0.2) is 6.54 Å². The summed E-state index contributed by atoms with van der Waals surface area (Å²) in [6.45, 7) is 7.68. The van der Waals surface area contributed by atoms with Gasteiger partial charge >= 0.3 is 0 Å². The summed E-state index contributed by atoms with van der Waals surface area (Å²) in [5, 5.41) is 4.47. The molecule has 2 aromatic rings. The number of hydrogen-bond donors (Lipinski definition) is 1. The zero-order valence-electron chi connectivity index (χ0n) is 13.1. The van der Waals surface area contributed by atoms with Crippen LogP contribution in [0.5, 0.6) is 0 Å². The van der Waals surface area contributed by atoms with E-state index in [1.165, 1.54) is 40.1 Å². The minimum atomic E-state index is 0.480. The number of rotatable bonds is 7. The highest BCUT2D eigenvalue weighted by Gasteiger charge is 2.14. The van der Waals surface area contributed by atoms with Crippen LogP contribution in [0.25, 0.3) is 10.4 Å². The Bertz CT molecular complexity index is 576. The molecule has 0 fully saturated rings. The molecule has 0 amide bonds. The predicted octanol–water partition coefficient (Wildman–Crippen LogP) is 6.22. The SMILES string of the molecule is CCCNC(CCC)c1ccc(-c2cc(Cl)ccc2C)s1. The van der Waals surface area contributed by atoms with Crippen molar-refractivity contribution in [2.75, 3.05) is 6.54 Å². The van der Waals surface area contributed by atoms with Crippen LogP contribution < -0.4 is 5.32 Å². The second-order valence-corrected chi connectivity index (χ2v) is 7.01. The van der Waals surface area contributed by atoms with Crippen LogP contribution in [0, 0.1) is 6.92 Å². The fourth-order valence-electron chi connectivity index (χ4n) is 2.50. The zero-order valence-corrected chi connectivity index (χ0v) is 14.7. The molecule has 1 aromatic heterocycles. The van der Waals surface area contributed by atoms with Crippen LogP contribution in [0.1, 0.15) is 49.6 Å². The van der Waals surface area contributed by atoms with Crippen molar-refractivity contribution < 1.29 is 0 Å². The van der Waals surface area contributed by atoms with Gasteiger partial charge in [-0.2, -0.15) is 0 Å². The van der Waals surface area contributed by atoms with Crippen molar-refractivity contribution in [2.24, 2.45) is 0 Å². The summed E-state index contributed by atoms with van der Waals surface area (Å²) in [5.74, 6) is 0. The highest BCUT2D eigenvalue weighted by molar-refractivity contribution is 7.15. The molecule has 1 aromatic carbocycles. The Hall–Kier alpha value is -0.830. The van der Waals surface area contributed by atoms with E-state index >= 15 is 0 Å². The summed E-state index contributed by atoms with van der Waals surface area (Å²) < 4.78 is 0. The average Bonchev–Trinajstić information content (AvgIpc) is 2.95. The molecule has 0 spiro atoms. The zero-order chi connectivity index (χ0) is 15.2. The first kappa shape index (κ1) is 16.5. The van der Waals surface area contributed by atoms with E-state index in [-0.39, 0.29) is 0 Å². The standard InChI is InChI=1S/C18H24ClNS/c1-4-6-16(20-11-5-2)18-10-9-17(21-18)15-12-14(19)8-7-13(15)3/h7-10,12,16,20H,4-6,11H2,1-3H3. The smallest absolute Gasteiger partial charge is 0.0414 e. The number of aryl methyl sites for hydroxylation is 1.